The molecule has 3 aromatic rings. The molecule has 3 heterocycles. The monoisotopic (exact) mass is 293 g/mol. The summed E-state index contributed by atoms with van der Waals surface area (Å²) in [5.74, 6) is 0.0145. The number of rotatable bonds is 4. The number of amides is 1. The summed E-state index contributed by atoms with van der Waals surface area (Å²) in [7, 11) is 0. The third kappa shape index (κ3) is 2.15. The van der Waals surface area contributed by atoms with E-state index in [0.29, 0.717) is 0 Å². The highest BCUT2D eigenvalue weighted by molar-refractivity contribution is 7.21. The number of nitrogens with one attached hydrogen (secondary N) is 1. The van der Waals surface area contributed by atoms with Crippen LogP contribution in [0.15, 0.2) is 17.6 Å². The molecule has 0 fully saturated rings. The third-order valence-corrected chi connectivity index (χ3v) is 5.06. The predicted molar refractivity (Wildman–Crippen MR) is 80.3 cm³/mol. The van der Waals surface area contributed by atoms with Crippen LogP contribution in [-0.2, 0) is 0 Å². The Morgan fingerprint density at radius 3 is 3.00 bits per heavy atom. The van der Waals surface area contributed by atoms with Crippen molar-refractivity contribution in [3.63, 3.8) is 0 Å². The van der Waals surface area contributed by atoms with Crippen molar-refractivity contribution in [1.29, 1.82) is 0 Å². The molecule has 19 heavy (non-hydrogen) atoms. The molecule has 0 spiro atoms. The summed E-state index contributed by atoms with van der Waals surface area (Å²) < 4.78 is 2.03. The molecule has 0 atom stereocenters. The SMILES string of the molecule is CCC(CC)NC(=O)c1cc2c(nc3sccn32)s1. The highest BCUT2D eigenvalue weighted by Crippen LogP contribution is 2.28. The molecule has 0 aliphatic carbocycles. The number of carbonyl (C=O) groups is 1. The topological polar surface area (TPSA) is 46.4 Å². The molecule has 3 aromatic heterocycles. The van der Waals surface area contributed by atoms with Gasteiger partial charge in [0.2, 0.25) is 0 Å². The number of carbonyl (C=O) groups excluding carboxylic acids is 1. The Kier molecular flexibility index (Phi) is 3.28. The molecule has 1 N–H and O–H groups in total. The maximum atomic E-state index is 12.2. The van der Waals surface area contributed by atoms with Crippen LogP contribution < -0.4 is 5.32 Å². The Morgan fingerprint density at radius 2 is 2.26 bits per heavy atom. The van der Waals surface area contributed by atoms with Crippen LogP contribution >= 0.6 is 22.7 Å². The van der Waals surface area contributed by atoms with Crippen molar-refractivity contribution in [1.82, 2.24) is 14.7 Å². The lowest BCUT2D eigenvalue weighted by Gasteiger charge is -2.13. The smallest absolute Gasteiger partial charge is 0.261 e. The normalized spacial score (nSPS) is 11.7. The number of hydrogen-bond acceptors (Lipinski definition) is 4. The van der Waals surface area contributed by atoms with Crippen molar-refractivity contribution in [2.45, 2.75) is 32.7 Å². The van der Waals surface area contributed by atoms with Crippen LogP contribution in [-0.4, -0.2) is 21.3 Å². The minimum absolute atomic E-state index is 0.0145. The molecular formula is C13H15N3OS2. The van der Waals surface area contributed by atoms with E-state index in [2.05, 4.69) is 24.1 Å². The number of aromatic nitrogens is 2. The summed E-state index contributed by atoms with van der Waals surface area (Å²) >= 11 is 3.07. The van der Waals surface area contributed by atoms with Gasteiger partial charge in [-0.2, -0.15) is 0 Å². The van der Waals surface area contributed by atoms with Gasteiger partial charge in [0.05, 0.1) is 10.4 Å². The molecule has 3 rings (SSSR count). The molecule has 0 aromatic carbocycles. The summed E-state index contributed by atoms with van der Waals surface area (Å²) in [6.07, 6.45) is 3.91. The van der Waals surface area contributed by atoms with Gasteiger partial charge in [-0.25, -0.2) is 4.98 Å². The van der Waals surface area contributed by atoms with Crippen molar-refractivity contribution in [2.75, 3.05) is 0 Å². The standard InChI is InChI=1S/C13H15N3OS2/c1-3-8(4-2)14-11(17)10-7-9-12(19-10)15-13-16(9)5-6-18-13/h5-8H,3-4H2,1-2H3,(H,14,17). The van der Waals surface area contributed by atoms with Gasteiger partial charge >= 0.3 is 0 Å². The van der Waals surface area contributed by atoms with E-state index in [1.807, 2.05) is 22.0 Å². The summed E-state index contributed by atoms with van der Waals surface area (Å²) in [4.78, 5) is 19.3. The Hall–Kier alpha value is -1.40. The molecule has 4 nitrogen and oxygen atoms in total. The molecule has 100 valence electrons. The van der Waals surface area contributed by atoms with Crippen LogP contribution in [0.4, 0.5) is 0 Å². The molecular weight excluding hydrogens is 278 g/mol. The number of fused-ring (bicyclic) bond motifs is 3. The lowest BCUT2D eigenvalue weighted by molar-refractivity contribution is 0.0939. The Balaban J connectivity index is 1.92. The summed E-state index contributed by atoms with van der Waals surface area (Å²) in [6.45, 7) is 4.18. The van der Waals surface area contributed by atoms with Crippen molar-refractivity contribution in [3.05, 3.63) is 22.5 Å². The Morgan fingerprint density at radius 1 is 1.47 bits per heavy atom. The predicted octanol–water partition coefficient (Wildman–Crippen LogP) is 3.53. The van der Waals surface area contributed by atoms with E-state index in [1.54, 1.807) is 11.3 Å². The zero-order valence-electron chi connectivity index (χ0n) is 10.8. The van der Waals surface area contributed by atoms with Gasteiger partial charge in [-0.1, -0.05) is 13.8 Å². The van der Waals surface area contributed by atoms with Gasteiger partial charge in [-0.15, -0.1) is 22.7 Å². The second-order valence-corrected chi connectivity index (χ2v) is 6.36. The molecule has 0 radical (unpaired) electrons. The Labute approximate surface area is 119 Å². The summed E-state index contributed by atoms with van der Waals surface area (Å²) in [5.41, 5.74) is 1.02. The van der Waals surface area contributed by atoms with E-state index in [0.717, 1.165) is 33.0 Å². The van der Waals surface area contributed by atoms with E-state index < -0.39 is 0 Å². The first-order valence-electron chi connectivity index (χ1n) is 6.38. The third-order valence-electron chi connectivity index (χ3n) is 3.28. The first kappa shape index (κ1) is 12.6. The summed E-state index contributed by atoms with van der Waals surface area (Å²) in [6, 6.07) is 2.19. The zero-order chi connectivity index (χ0) is 13.4. The highest BCUT2D eigenvalue weighted by Gasteiger charge is 2.16. The fraction of sp³-hybridized carbons (Fsp3) is 0.385. The lowest BCUT2D eigenvalue weighted by Crippen LogP contribution is -2.33. The van der Waals surface area contributed by atoms with Gasteiger partial charge in [0.15, 0.2) is 4.96 Å². The molecule has 6 heteroatoms. The maximum Gasteiger partial charge on any atom is 0.261 e. The number of hydrogen-bond donors (Lipinski definition) is 1. The van der Waals surface area contributed by atoms with Gasteiger partial charge in [0.25, 0.3) is 5.91 Å². The number of imidazole rings is 1. The van der Waals surface area contributed by atoms with Gasteiger partial charge in [-0.05, 0) is 18.9 Å². The summed E-state index contributed by atoms with van der Waals surface area (Å²) in [5, 5.41) is 5.07. The van der Waals surface area contributed by atoms with E-state index in [-0.39, 0.29) is 11.9 Å². The number of thiophene rings is 1. The average Bonchev–Trinajstić information content (AvgIpc) is 3.06. The van der Waals surface area contributed by atoms with Crippen molar-refractivity contribution >= 4 is 43.9 Å². The van der Waals surface area contributed by atoms with Gasteiger partial charge in [0, 0.05) is 17.6 Å². The minimum atomic E-state index is 0.0145. The molecule has 0 aliphatic rings. The lowest BCUT2D eigenvalue weighted by atomic mass is 10.2. The van der Waals surface area contributed by atoms with Gasteiger partial charge < -0.3 is 5.32 Å². The molecule has 0 bridgehead atoms. The van der Waals surface area contributed by atoms with E-state index >= 15 is 0 Å². The quantitative estimate of drug-likeness (QED) is 0.800. The molecule has 1 amide bonds. The Bertz CT molecular complexity index is 721. The van der Waals surface area contributed by atoms with Crippen LogP contribution in [0.5, 0.6) is 0 Å². The first-order valence-corrected chi connectivity index (χ1v) is 8.08. The molecule has 0 unspecified atom stereocenters. The number of nitrogens with zero attached hydrogens (tertiary/aromatic N) is 2. The average molecular weight is 293 g/mol. The van der Waals surface area contributed by atoms with Crippen LogP contribution in [0.25, 0.3) is 15.3 Å². The zero-order valence-corrected chi connectivity index (χ0v) is 12.5. The van der Waals surface area contributed by atoms with Crippen molar-refractivity contribution in [2.24, 2.45) is 0 Å². The van der Waals surface area contributed by atoms with Gasteiger partial charge in [-0.3, -0.25) is 9.20 Å². The maximum absolute atomic E-state index is 12.2. The van der Waals surface area contributed by atoms with E-state index in [1.165, 1.54) is 11.3 Å². The van der Waals surface area contributed by atoms with Crippen LogP contribution in [0.3, 0.4) is 0 Å². The van der Waals surface area contributed by atoms with Crippen LogP contribution in [0.2, 0.25) is 0 Å². The van der Waals surface area contributed by atoms with Crippen LogP contribution in [0.1, 0.15) is 36.4 Å². The minimum Gasteiger partial charge on any atom is -0.349 e. The van der Waals surface area contributed by atoms with E-state index in [4.69, 9.17) is 0 Å². The molecule has 0 aliphatic heterocycles. The fourth-order valence-corrected chi connectivity index (χ4v) is 3.81. The molecule has 0 saturated heterocycles. The van der Waals surface area contributed by atoms with Crippen LogP contribution in [0, 0.1) is 0 Å². The largest absolute Gasteiger partial charge is 0.349 e. The first-order chi connectivity index (χ1) is 9.22. The highest BCUT2D eigenvalue weighted by atomic mass is 32.1. The number of thiazole rings is 1. The van der Waals surface area contributed by atoms with E-state index in [9.17, 15) is 4.79 Å². The second kappa shape index (κ2) is 4.94. The van der Waals surface area contributed by atoms with Gasteiger partial charge in [0.1, 0.15) is 4.83 Å². The second-order valence-electron chi connectivity index (χ2n) is 4.46. The fourth-order valence-electron chi connectivity index (χ4n) is 2.11. The molecule has 0 saturated carbocycles. The van der Waals surface area contributed by atoms with Crippen molar-refractivity contribution < 1.29 is 4.79 Å². The van der Waals surface area contributed by atoms with Crippen molar-refractivity contribution in [3.8, 4) is 0 Å².